The second-order valence-corrected chi connectivity index (χ2v) is 6.07. The van der Waals surface area contributed by atoms with Gasteiger partial charge in [0.2, 0.25) is 5.91 Å². The van der Waals surface area contributed by atoms with Gasteiger partial charge in [-0.15, -0.1) is 0 Å². The Morgan fingerprint density at radius 1 is 1.35 bits per heavy atom. The van der Waals surface area contributed by atoms with Gasteiger partial charge in [-0.3, -0.25) is 4.79 Å². The summed E-state index contributed by atoms with van der Waals surface area (Å²) in [7, 11) is 0. The SMILES string of the molecule is Cc1cc(CCC(=O)N[C@H](C(=O)O)C(C)C)ccc1Br. The third-order valence-corrected chi connectivity index (χ3v) is 4.00. The fourth-order valence-corrected chi connectivity index (χ4v) is 2.13. The van der Waals surface area contributed by atoms with Crippen LogP contribution in [-0.2, 0) is 16.0 Å². The zero-order valence-electron chi connectivity index (χ0n) is 11.9. The van der Waals surface area contributed by atoms with Crippen molar-refractivity contribution in [3.8, 4) is 0 Å². The molecule has 0 spiro atoms. The number of carbonyl (C=O) groups is 2. The largest absolute Gasteiger partial charge is 0.480 e. The smallest absolute Gasteiger partial charge is 0.326 e. The molecule has 1 aromatic rings. The molecule has 1 atom stereocenters. The molecule has 1 amide bonds. The van der Waals surface area contributed by atoms with Crippen LogP contribution in [0.4, 0.5) is 0 Å². The second kappa shape index (κ2) is 7.43. The fraction of sp³-hybridized carbons (Fsp3) is 0.467. The number of carbonyl (C=O) groups excluding carboxylic acids is 1. The molecular formula is C15H20BrNO3. The van der Waals surface area contributed by atoms with E-state index < -0.39 is 12.0 Å². The Labute approximate surface area is 127 Å². The number of rotatable bonds is 6. The number of benzene rings is 1. The number of carboxylic acid groups (broad SMARTS) is 1. The van der Waals surface area contributed by atoms with Crippen molar-refractivity contribution >= 4 is 27.8 Å². The second-order valence-electron chi connectivity index (χ2n) is 5.21. The molecule has 2 N–H and O–H groups in total. The standard InChI is InChI=1S/C15H20BrNO3/c1-9(2)14(15(19)20)17-13(18)7-5-11-4-6-12(16)10(3)8-11/h4,6,8-9,14H,5,7H2,1-3H3,(H,17,18)(H,19,20)/t14-/m0/s1. The zero-order chi connectivity index (χ0) is 15.3. The Morgan fingerprint density at radius 3 is 2.50 bits per heavy atom. The van der Waals surface area contributed by atoms with Crippen molar-refractivity contribution in [1.82, 2.24) is 5.32 Å². The lowest BCUT2D eigenvalue weighted by Crippen LogP contribution is -2.44. The van der Waals surface area contributed by atoms with Crippen molar-refractivity contribution < 1.29 is 14.7 Å². The zero-order valence-corrected chi connectivity index (χ0v) is 13.5. The number of hydrogen-bond acceptors (Lipinski definition) is 2. The van der Waals surface area contributed by atoms with Crippen LogP contribution in [0.2, 0.25) is 0 Å². The molecule has 0 radical (unpaired) electrons. The Bertz CT molecular complexity index is 500. The summed E-state index contributed by atoms with van der Waals surface area (Å²) in [6.07, 6.45) is 0.891. The summed E-state index contributed by atoms with van der Waals surface area (Å²) in [4.78, 5) is 22.8. The minimum absolute atomic E-state index is 0.133. The van der Waals surface area contributed by atoms with Gasteiger partial charge in [0.1, 0.15) is 6.04 Å². The monoisotopic (exact) mass is 341 g/mol. The van der Waals surface area contributed by atoms with Crippen molar-refractivity contribution in [2.75, 3.05) is 0 Å². The molecule has 5 heteroatoms. The molecule has 20 heavy (non-hydrogen) atoms. The summed E-state index contributed by atoms with van der Waals surface area (Å²) in [6.45, 7) is 5.54. The number of hydrogen-bond donors (Lipinski definition) is 2. The number of aliphatic carboxylic acids is 1. The van der Waals surface area contributed by atoms with Crippen molar-refractivity contribution in [2.45, 2.75) is 39.7 Å². The Morgan fingerprint density at radius 2 is 2.00 bits per heavy atom. The summed E-state index contributed by atoms with van der Waals surface area (Å²) in [6, 6.07) is 5.11. The number of amides is 1. The maximum atomic E-state index is 11.8. The van der Waals surface area contributed by atoms with E-state index in [-0.39, 0.29) is 18.2 Å². The van der Waals surface area contributed by atoms with Crippen molar-refractivity contribution in [3.05, 3.63) is 33.8 Å². The van der Waals surface area contributed by atoms with Crippen LogP contribution in [0, 0.1) is 12.8 Å². The topological polar surface area (TPSA) is 66.4 Å². The van der Waals surface area contributed by atoms with Crippen molar-refractivity contribution in [3.63, 3.8) is 0 Å². The molecule has 0 bridgehead atoms. The molecule has 0 aromatic heterocycles. The summed E-state index contributed by atoms with van der Waals surface area (Å²) in [5, 5.41) is 11.6. The average Bonchev–Trinajstić information content (AvgIpc) is 2.36. The van der Waals surface area contributed by atoms with E-state index in [1.165, 1.54) is 0 Å². The molecule has 110 valence electrons. The summed E-state index contributed by atoms with van der Waals surface area (Å²) < 4.78 is 1.04. The molecule has 4 nitrogen and oxygen atoms in total. The van der Waals surface area contributed by atoms with Crippen LogP contribution in [0.15, 0.2) is 22.7 Å². The van der Waals surface area contributed by atoms with Crippen molar-refractivity contribution in [2.24, 2.45) is 5.92 Å². The molecule has 0 heterocycles. The van der Waals surface area contributed by atoms with E-state index in [0.717, 1.165) is 15.6 Å². The fourth-order valence-electron chi connectivity index (χ4n) is 1.88. The maximum Gasteiger partial charge on any atom is 0.326 e. The van der Waals surface area contributed by atoms with Crippen LogP contribution < -0.4 is 5.32 Å². The van der Waals surface area contributed by atoms with E-state index in [0.29, 0.717) is 6.42 Å². The van der Waals surface area contributed by atoms with Crippen LogP contribution in [0.5, 0.6) is 0 Å². The Balaban J connectivity index is 2.54. The third-order valence-electron chi connectivity index (χ3n) is 3.11. The molecule has 0 saturated carbocycles. The van der Waals surface area contributed by atoms with Gasteiger partial charge in [-0.25, -0.2) is 4.79 Å². The van der Waals surface area contributed by atoms with E-state index in [1.54, 1.807) is 13.8 Å². The quantitative estimate of drug-likeness (QED) is 0.835. The number of nitrogens with one attached hydrogen (secondary N) is 1. The van der Waals surface area contributed by atoms with Crippen LogP contribution in [-0.4, -0.2) is 23.0 Å². The highest BCUT2D eigenvalue weighted by atomic mass is 79.9. The minimum atomic E-state index is -0.993. The van der Waals surface area contributed by atoms with Gasteiger partial charge in [0, 0.05) is 10.9 Å². The first-order valence-electron chi connectivity index (χ1n) is 6.58. The first-order chi connectivity index (χ1) is 9.31. The molecule has 0 aliphatic heterocycles. The highest BCUT2D eigenvalue weighted by Gasteiger charge is 2.22. The Kier molecular flexibility index (Phi) is 6.20. The molecule has 0 aliphatic rings. The summed E-state index contributed by atoms with van der Waals surface area (Å²) in [5.74, 6) is -1.36. The van der Waals surface area contributed by atoms with Gasteiger partial charge in [-0.2, -0.15) is 0 Å². The van der Waals surface area contributed by atoms with Gasteiger partial charge in [0.15, 0.2) is 0 Å². The van der Waals surface area contributed by atoms with E-state index in [1.807, 2.05) is 25.1 Å². The first-order valence-corrected chi connectivity index (χ1v) is 7.37. The minimum Gasteiger partial charge on any atom is -0.480 e. The molecule has 0 aliphatic carbocycles. The van der Waals surface area contributed by atoms with Crippen LogP contribution >= 0.6 is 15.9 Å². The van der Waals surface area contributed by atoms with E-state index >= 15 is 0 Å². The third kappa shape index (κ3) is 4.96. The number of halogens is 1. The normalized spacial score (nSPS) is 12.2. The van der Waals surface area contributed by atoms with Gasteiger partial charge >= 0.3 is 5.97 Å². The highest BCUT2D eigenvalue weighted by Crippen LogP contribution is 2.18. The van der Waals surface area contributed by atoms with Gasteiger partial charge in [0.25, 0.3) is 0 Å². The van der Waals surface area contributed by atoms with Crippen LogP contribution in [0.1, 0.15) is 31.4 Å². The molecule has 0 fully saturated rings. The molecule has 0 saturated heterocycles. The van der Waals surface area contributed by atoms with Gasteiger partial charge in [-0.05, 0) is 36.5 Å². The lowest BCUT2D eigenvalue weighted by atomic mass is 10.0. The Hall–Kier alpha value is -1.36. The lowest BCUT2D eigenvalue weighted by Gasteiger charge is -2.17. The predicted octanol–water partition coefficient (Wildman–Crippen LogP) is 2.92. The van der Waals surface area contributed by atoms with Gasteiger partial charge in [-0.1, -0.05) is 41.9 Å². The summed E-state index contributed by atoms with van der Waals surface area (Å²) in [5.41, 5.74) is 2.19. The molecular weight excluding hydrogens is 322 g/mol. The average molecular weight is 342 g/mol. The lowest BCUT2D eigenvalue weighted by molar-refractivity contribution is -0.143. The number of carboxylic acids is 1. The predicted molar refractivity (Wildman–Crippen MR) is 81.6 cm³/mol. The molecule has 1 rings (SSSR count). The molecule has 0 unspecified atom stereocenters. The summed E-state index contributed by atoms with van der Waals surface area (Å²) >= 11 is 3.43. The highest BCUT2D eigenvalue weighted by molar-refractivity contribution is 9.10. The van der Waals surface area contributed by atoms with Gasteiger partial charge in [0.05, 0.1) is 0 Å². The van der Waals surface area contributed by atoms with Crippen LogP contribution in [0.3, 0.4) is 0 Å². The van der Waals surface area contributed by atoms with Gasteiger partial charge < -0.3 is 10.4 Å². The van der Waals surface area contributed by atoms with E-state index in [2.05, 4.69) is 21.2 Å². The number of aryl methyl sites for hydroxylation is 2. The van der Waals surface area contributed by atoms with E-state index in [4.69, 9.17) is 5.11 Å². The van der Waals surface area contributed by atoms with E-state index in [9.17, 15) is 9.59 Å². The van der Waals surface area contributed by atoms with Crippen LogP contribution in [0.25, 0.3) is 0 Å². The first kappa shape index (κ1) is 16.7. The van der Waals surface area contributed by atoms with Crippen molar-refractivity contribution in [1.29, 1.82) is 0 Å². The maximum absolute atomic E-state index is 11.8. The molecule has 1 aromatic carbocycles.